The second-order valence-electron chi connectivity index (χ2n) is 5.82. The van der Waals surface area contributed by atoms with Gasteiger partial charge in [0.2, 0.25) is 0 Å². The fraction of sp³-hybridized carbons (Fsp3) is 0.350. The molecule has 0 aliphatic heterocycles. The van der Waals surface area contributed by atoms with Gasteiger partial charge in [0, 0.05) is 10.5 Å². The molecule has 26 heavy (non-hydrogen) atoms. The van der Waals surface area contributed by atoms with Gasteiger partial charge in [0.05, 0.1) is 26.4 Å². The van der Waals surface area contributed by atoms with Gasteiger partial charge in [-0.05, 0) is 55.8 Å². The minimum absolute atomic E-state index is 0.224. The molecule has 0 aliphatic carbocycles. The first-order chi connectivity index (χ1) is 12.5. The van der Waals surface area contributed by atoms with Crippen molar-refractivity contribution in [3.8, 4) is 11.5 Å². The van der Waals surface area contributed by atoms with E-state index in [2.05, 4.69) is 34.2 Å². The zero-order valence-corrected chi connectivity index (χ0v) is 16.8. The number of hydrogen-bond donors (Lipinski definition) is 1. The zero-order chi connectivity index (χ0) is 18.9. The average molecular weight is 422 g/mol. The van der Waals surface area contributed by atoms with E-state index < -0.39 is 0 Å². The summed E-state index contributed by atoms with van der Waals surface area (Å²) < 4.78 is 16.5. The van der Waals surface area contributed by atoms with Crippen LogP contribution in [-0.2, 0) is 4.74 Å². The van der Waals surface area contributed by atoms with Gasteiger partial charge >= 0.3 is 5.97 Å². The zero-order valence-electron chi connectivity index (χ0n) is 15.3. The maximum Gasteiger partial charge on any atom is 0.338 e. The summed E-state index contributed by atoms with van der Waals surface area (Å²) >= 11 is 3.38. The van der Waals surface area contributed by atoms with Crippen molar-refractivity contribution in [1.82, 2.24) is 5.32 Å². The van der Waals surface area contributed by atoms with E-state index in [0.717, 1.165) is 23.2 Å². The predicted octanol–water partition coefficient (Wildman–Crippen LogP) is 4.36. The van der Waals surface area contributed by atoms with Gasteiger partial charge in [-0.2, -0.15) is 0 Å². The highest BCUT2D eigenvalue weighted by Gasteiger charge is 2.09. The van der Waals surface area contributed by atoms with Crippen LogP contribution < -0.4 is 14.8 Å². The largest absolute Gasteiger partial charge is 0.497 e. The van der Waals surface area contributed by atoms with Crippen molar-refractivity contribution in [2.24, 2.45) is 0 Å². The molecule has 6 heteroatoms. The number of nitrogens with one attached hydrogen (secondary N) is 1. The third kappa shape index (κ3) is 6.04. The van der Waals surface area contributed by atoms with Crippen molar-refractivity contribution in [3.63, 3.8) is 0 Å². The van der Waals surface area contributed by atoms with Crippen LogP contribution in [0.5, 0.6) is 11.5 Å². The van der Waals surface area contributed by atoms with Crippen LogP contribution in [0.25, 0.3) is 0 Å². The summed E-state index contributed by atoms with van der Waals surface area (Å²) in [4.78, 5) is 11.6. The van der Waals surface area contributed by atoms with E-state index in [1.807, 2.05) is 24.3 Å². The molecule has 0 saturated heterocycles. The van der Waals surface area contributed by atoms with E-state index in [-0.39, 0.29) is 12.0 Å². The monoisotopic (exact) mass is 421 g/mol. The third-order valence-electron chi connectivity index (χ3n) is 3.93. The lowest BCUT2D eigenvalue weighted by molar-refractivity contribution is 0.0600. The minimum Gasteiger partial charge on any atom is -0.497 e. The molecule has 2 aromatic carbocycles. The van der Waals surface area contributed by atoms with Crippen LogP contribution in [0.1, 0.15) is 35.3 Å². The summed E-state index contributed by atoms with van der Waals surface area (Å²) in [6, 6.07) is 13.5. The van der Waals surface area contributed by atoms with Crippen molar-refractivity contribution < 1.29 is 19.0 Å². The summed E-state index contributed by atoms with van der Waals surface area (Å²) in [7, 11) is 3.03. The second kappa shape index (κ2) is 10.2. The summed E-state index contributed by atoms with van der Waals surface area (Å²) in [5.74, 6) is 1.11. The van der Waals surface area contributed by atoms with Crippen LogP contribution in [-0.4, -0.2) is 33.3 Å². The number of rotatable bonds is 9. The lowest BCUT2D eigenvalue weighted by atomic mass is 10.1. The van der Waals surface area contributed by atoms with E-state index in [0.29, 0.717) is 17.9 Å². The second-order valence-corrected chi connectivity index (χ2v) is 6.74. The van der Waals surface area contributed by atoms with Gasteiger partial charge in [0.1, 0.15) is 11.5 Å². The highest BCUT2D eigenvalue weighted by atomic mass is 79.9. The first-order valence-corrected chi connectivity index (χ1v) is 9.22. The van der Waals surface area contributed by atoms with Crippen LogP contribution in [0.4, 0.5) is 0 Å². The molecule has 0 radical (unpaired) electrons. The van der Waals surface area contributed by atoms with Gasteiger partial charge in [-0.15, -0.1) is 0 Å². The van der Waals surface area contributed by atoms with E-state index in [1.54, 1.807) is 19.2 Å². The van der Waals surface area contributed by atoms with Gasteiger partial charge in [-0.3, -0.25) is 0 Å². The summed E-state index contributed by atoms with van der Waals surface area (Å²) in [6.45, 7) is 3.48. The average Bonchev–Trinajstić information content (AvgIpc) is 2.66. The van der Waals surface area contributed by atoms with Crippen LogP contribution in [0.15, 0.2) is 46.9 Å². The van der Waals surface area contributed by atoms with Crippen molar-refractivity contribution in [3.05, 3.63) is 58.1 Å². The minimum atomic E-state index is -0.384. The molecule has 0 saturated carbocycles. The van der Waals surface area contributed by atoms with E-state index in [4.69, 9.17) is 14.2 Å². The van der Waals surface area contributed by atoms with Gasteiger partial charge in [0.15, 0.2) is 0 Å². The molecule has 0 heterocycles. The van der Waals surface area contributed by atoms with Crippen LogP contribution in [0.2, 0.25) is 0 Å². The lowest BCUT2D eigenvalue weighted by Gasteiger charge is -2.15. The third-order valence-corrected chi connectivity index (χ3v) is 4.38. The Hall–Kier alpha value is -2.05. The summed E-state index contributed by atoms with van der Waals surface area (Å²) in [6.07, 6.45) is 0.842. The smallest absolute Gasteiger partial charge is 0.338 e. The first-order valence-electron chi connectivity index (χ1n) is 8.42. The number of ether oxygens (including phenoxy) is 3. The van der Waals surface area contributed by atoms with Crippen LogP contribution in [0.3, 0.4) is 0 Å². The Morgan fingerprint density at radius 1 is 1.15 bits per heavy atom. The number of hydrogen-bond acceptors (Lipinski definition) is 5. The van der Waals surface area contributed by atoms with E-state index in [9.17, 15) is 4.79 Å². The highest BCUT2D eigenvalue weighted by Crippen LogP contribution is 2.22. The Kier molecular flexibility index (Phi) is 7.94. The molecule has 1 atom stereocenters. The normalized spacial score (nSPS) is 11.7. The van der Waals surface area contributed by atoms with Gasteiger partial charge in [-0.25, -0.2) is 4.79 Å². The number of carbonyl (C=O) groups is 1. The first kappa shape index (κ1) is 20.3. The Morgan fingerprint density at radius 2 is 1.96 bits per heavy atom. The highest BCUT2D eigenvalue weighted by molar-refractivity contribution is 9.10. The molecule has 1 N–H and O–H groups in total. The van der Waals surface area contributed by atoms with Crippen molar-refractivity contribution in [1.29, 1.82) is 0 Å². The van der Waals surface area contributed by atoms with E-state index >= 15 is 0 Å². The van der Waals surface area contributed by atoms with Crippen LogP contribution >= 0.6 is 15.9 Å². The predicted molar refractivity (Wildman–Crippen MR) is 105 cm³/mol. The number of carbonyl (C=O) groups excluding carboxylic acids is 1. The Labute approximate surface area is 162 Å². The maximum absolute atomic E-state index is 11.6. The SMILES string of the molecule is COC(=O)c1cc(Br)cc(OCCCN[C@H](C)c2cccc(OC)c2)c1. The summed E-state index contributed by atoms with van der Waals surface area (Å²) in [5.41, 5.74) is 1.64. The maximum atomic E-state index is 11.6. The standard InChI is InChI=1S/C20H24BrNO4/c1-14(15-6-4-7-18(11-15)24-2)22-8-5-9-26-19-12-16(20(23)25-3)10-17(21)13-19/h4,6-7,10-14,22H,5,8-9H2,1-3H3/t14-/m1/s1. The molecule has 140 valence electrons. The number of benzene rings is 2. The molecule has 0 bridgehead atoms. The van der Waals surface area contributed by atoms with Crippen molar-refractivity contribution >= 4 is 21.9 Å². The molecule has 0 amide bonds. The van der Waals surface area contributed by atoms with E-state index in [1.165, 1.54) is 12.7 Å². The van der Waals surface area contributed by atoms with Crippen LogP contribution in [0, 0.1) is 0 Å². The molecular weight excluding hydrogens is 398 g/mol. The Bertz CT molecular complexity index is 736. The van der Waals surface area contributed by atoms with Crippen molar-refractivity contribution in [2.45, 2.75) is 19.4 Å². The Morgan fingerprint density at radius 3 is 2.69 bits per heavy atom. The fourth-order valence-electron chi connectivity index (χ4n) is 2.49. The number of halogens is 1. The molecule has 5 nitrogen and oxygen atoms in total. The molecule has 0 spiro atoms. The molecule has 0 fully saturated rings. The summed E-state index contributed by atoms with van der Waals surface area (Å²) in [5, 5.41) is 3.47. The molecule has 0 unspecified atom stereocenters. The molecule has 0 aromatic heterocycles. The molecule has 2 rings (SSSR count). The quantitative estimate of drug-likeness (QED) is 0.481. The molecule has 2 aromatic rings. The van der Waals surface area contributed by atoms with Gasteiger partial charge in [0.25, 0.3) is 0 Å². The topological polar surface area (TPSA) is 56.8 Å². The molecular formula is C20H24BrNO4. The Balaban J connectivity index is 1.78. The fourth-order valence-corrected chi connectivity index (χ4v) is 2.96. The molecule has 0 aliphatic rings. The van der Waals surface area contributed by atoms with Gasteiger partial charge in [-0.1, -0.05) is 28.1 Å². The number of esters is 1. The number of methoxy groups -OCH3 is 2. The lowest BCUT2D eigenvalue weighted by Crippen LogP contribution is -2.21. The van der Waals surface area contributed by atoms with Gasteiger partial charge < -0.3 is 19.5 Å². The van der Waals surface area contributed by atoms with Crippen molar-refractivity contribution in [2.75, 3.05) is 27.4 Å².